The number of imidazole rings is 1. The molecule has 0 saturated carbocycles. The molecule has 0 aliphatic carbocycles. The van der Waals surface area contributed by atoms with E-state index in [1.807, 2.05) is 0 Å². The van der Waals surface area contributed by atoms with Gasteiger partial charge in [0.15, 0.2) is 11.5 Å². The van der Waals surface area contributed by atoms with Crippen LogP contribution in [0.15, 0.2) is 54.7 Å². The molecule has 3 aromatic heterocycles. The minimum Gasteiger partial charge on any atom is -0.437 e. The largest absolute Gasteiger partial charge is 0.437 e. The quantitative estimate of drug-likeness (QED) is 0.296. The lowest BCUT2D eigenvalue weighted by atomic mass is 10.1. The fourth-order valence-electron chi connectivity index (χ4n) is 3.51. The lowest BCUT2D eigenvalue weighted by molar-refractivity contribution is -0.131. The number of aromatic amines is 1. The first-order chi connectivity index (χ1) is 16.3. The van der Waals surface area contributed by atoms with Gasteiger partial charge < -0.3 is 15.8 Å². The van der Waals surface area contributed by atoms with Crippen LogP contribution in [0.5, 0.6) is 11.6 Å². The summed E-state index contributed by atoms with van der Waals surface area (Å²) >= 11 is 0. The van der Waals surface area contributed by atoms with Crippen LogP contribution in [0.25, 0.3) is 27.8 Å². The summed E-state index contributed by atoms with van der Waals surface area (Å²) in [4.78, 5) is 4.35. The third-order valence-corrected chi connectivity index (χ3v) is 5.08. The first-order valence-electron chi connectivity index (χ1n) is 10.1. The molecule has 5 rings (SSSR count). The Hall–Kier alpha value is -4.35. The minimum atomic E-state index is -4.32. The van der Waals surface area contributed by atoms with Crippen LogP contribution in [0.4, 0.5) is 29.1 Å². The second-order valence-corrected chi connectivity index (χ2v) is 7.50. The van der Waals surface area contributed by atoms with Crippen LogP contribution in [0.1, 0.15) is 6.42 Å². The molecule has 0 bridgehead atoms. The molecule has 0 amide bonds. The van der Waals surface area contributed by atoms with Crippen molar-refractivity contribution in [2.24, 2.45) is 0 Å². The highest BCUT2D eigenvalue weighted by Crippen LogP contribution is 2.31. The van der Waals surface area contributed by atoms with Crippen LogP contribution in [-0.2, 0) is 0 Å². The summed E-state index contributed by atoms with van der Waals surface area (Å²) in [6.07, 6.45) is -3.81. The van der Waals surface area contributed by atoms with Gasteiger partial charge in [-0.05, 0) is 24.3 Å². The van der Waals surface area contributed by atoms with Crippen molar-refractivity contribution >= 4 is 28.1 Å². The van der Waals surface area contributed by atoms with Gasteiger partial charge in [0.25, 0.3) is 0 Å². The van der Waals surface area contributed by atoms with Gasteiger partial charge in [-0.3, -0.25) is 5.10 Å². The fourth-order valence-corrected chi connectivity index (χ4v) is 3.51. The maximum absolute atomic E-state index is 13.6. The van der Waals surface area contributed by atoms with E-state index in [2.05, 4.69) is 25.6 Å². The van der Waals surface area contributed by atoms with E-state index < -0.39 is 18.4 Å². The Morgan fingerprint density at radius 2 is 1.97 bits per heavy atom. The molecule has 4 N–H and O–H groups in total. The molecular weight excluding hydrogens is 454 g/mol. The van der Waals surface area contributed by atoms with Crippen LogP contribution in [0.2, 0.25) is 0 Å². The maximum atomic E-state index is 13.6. The number of nitrogens with two attached hydrogens (primary N) is 1. The number of halogens is 4. The third-order valence-electron chi connectivity index (χ3n) is 5.08. The second-order valence-electron chi connectivity index (χ2n) is 7.50. The van der Waals surface area contributed by atoms with Gasteiger partial charge in [0.05, 0.1) is 29.5 Å². The summed E-state index contributed by atoms with van der Waals surface area (Å²) in [7, 11) is 0. The summed E-state index contributed by atoms with van der Waals surface area (Å²) in [5.74, 6) is 0.0835. The van der Waals surface area contributed by atoms with Crippen LogP contribution < -0.4 is 15.8 Å². The second kappa shape index (κ2) is 8.21. The van der Waals surface area contributed by atoms with Gasteiger partial charge in [0, 0.05) is 29.6 Å². The van der Waals surface area contributed by atoms with Crippen molar-refractivity contribution < 1.29 is 22.3 Å². The van der Waals surface area contributed by atoms with Gasteiger partial charge >= 0.3 is 6.18 Å². The van der Waals surface area contributed by atoms with E-state index in [0.29, 0.717) is 28.2 Å². The number of alkyl halides is 3. The van der Waals surface area contributed by atoms with E-state index in [9.17, 15) is 17.6 Å². The molecule has 0 spiro atoms. The van der Waals surface area contributed by atoms with Crippen molar-refractivity contribution in [2.45, 2.75) is 12.6 Å². The number of ether oxygens (including phenoxy) is 1. The molecule has 0 saturated heterocycles. The SMILES string of the molecule is Nc1n[nH]c2cc(-c3cnc4c(NCCC(F)(F)F)cc(Oc5cccc(F)c5)nn34)ccc12. The summed E-state index contributed by atoms with van der Waals surface area (Å²) in [5.41, 5.74) is 8.37. The molecule has 3 heterocycles. The number of nitrogens with one attached hydrogen (secondary N) is 2. The zero-order valence-corrected chi connectivity index (χ0v) is 17.4. The number of benzene rings is 2. The van der Waals surface area contributed by atoms with Crippen molar-refractivity contribution in [1.29, 1.82) is 0 Å². The van der Waals surface area contributed by atoms with E-state index in [-0.39, 0.29) is 23.9 Å². The maximum Gasteiger partial charge on any atom is 0.390 e. The van der Waals surface area contributed by atoms with Gasteiger partial charge in [0.2, 0.25) is 5.88 Å². The first-order valence-corrected chi connectivity index (χ1v) is 10.1. The predicted octanol–water partition coefficient (Wildman–Crippen LogP) is 5.15. The molecule has 2 aromatic carbocycles. The van der Waals surface area contributed by atoms with Crippen molar-refractivity contribution in [2.75, 3.05) is 17.6 Å². The van der Waals surface area contributed by atoms with Gasteiger partial charge in [-0.25, -0.2) is 13.9 Å². The zero-order chi connectivity index (χ0) is 23.9. The van der Waals surface area contributed by atoms with Crippen molar-refractivity contribution in [3.05, 3.63) is 60.5 Å². The number of hydrogen-bond acceptors (Lipinski definition) is 6. The molecule has 0 fully saturated rings. The Labute approximate surface area is 189 Å². The normalized spacial score (nSPS) is 11.9. The lowest BCUT2D eigenvalue weighted by Gasteiger charge is -2.12. The molecule has 5 aromatic rings. The minimum absolute atomic E-state index is 0.0405. The van der Waals surface area contributed by atoms with Gasteiger partial charge in [0.1, 0.15) is 11.6 Å². The topological polar surface area (TPSA) is 106 Å². The predicted molar refractivity (Wildman–Crippen MR) is 118 cm³/mol. The number of rotatable bonds is 6. The van der Waals surface area contributed by atoms with Crippen LogP contribution >= 0.6 is 0 Å². The Bertz CT molecular complexity index is 1490. The van der Waals surface area contributed by atoms with Crippen molar-refractivity contribution in [3.63, 3.8) is 0 Å². The highest BCUT2D eigenvalue weighted by Gasteiger charge is 2.26. The van der Waals surface area contributed by atoms with Gasteiger partial charge in [-0.15, -0.1) is 5.10 Å². The van der Waals surface area contributed by atoms with E-state index in [1.54, 1.807) is 24.4 Å². The molecule has 0 radical (unpaired) electrons. The van der Waals surface area contributed by atoms with Crippen LogP contribution in [-0.4, -0.2) is 37.5 Å². The van der Waals surface area contributed by atoms with E-state index in [1.165, 1.54) is 34.8 Å². The molecule has 174 valence electrons. The van der Waals surface area contributed by atoms with E-state index in [4.69, 9.17) is 10.5 Å². The van der Waals surface area contributed by atoms with Crippen LogP contribution in [0.3, 0.4) is 0 Å². The Balaban J connectivity index is 1.58. The Morgan fingerprint density at radius 1 is 1.12 bits per heavy atom. The molecule has 34 heavy (non-hydrogen) atoms. The molecule has 0 aliphatic heterocycles. The summed E-state index contributed by atoms with van der Waals surface area (Å²) in [6, 6.07) is 12.3. The lowest BCUT2D eigenvalue weighted by Crippen LogP contribution is -2.15. The first kappa shape index (κ1) is 21.5. The molecule has 8 nitrogen and oxygen atoms in total. The number of nitrogens with zero attached hydrogens (tertiary/aromatic N) is 4. The highest BCUT2D eigenvalue weighted by atomic mass is 19.4. The Kier molecular flexibility index (Phi) is 5.19. The summed E-state index contributed by atoms with van der Waals surface area (Å²) < 4.78 is 58.8. The summed E-state index contributed by atoms with van der Waals surface area (Å²) in [5, 5.41) is 14.7. The van der Waals surface area contributed by atoms with E-state index in [0.717, 1.165) is 5.39 Å². The average Bonchev–Trinajstić information content (AvgIpc) is 3.36. The van der Waals surface area contributed by atoms with Crippen molar-refractivity contribution in [1.82, 2.24) is 24.8 Å². The summed E-state index contributed by atoms with van der Waals surface area (Å²) in [6.45, 7) is -0.371. The average molecular weight is 471 g/mol. The number of H-pyrrole nitrogens is 1. The number of anilines is 2. The van der Waals surface area contributed by atoms with Gasteiger partial charge in [-0.2, -0.15) is 18.3 Å². The number of aromatic nitrogens is 5. The smallest absolute Gasteiger partial charge is 0.390 e. The molecule has 0 aliphatic rings. The molecule has 0 unspecified atom stereocenters. The van der Waals surface area contributed by atoms with Crippen molar-refractivity contribution in [3.8, 4) is 22.9 Å². The highest BCUT2D eigenvalue weighted by molar-refractivity contribution is 5.91. The fraction of sp³-hybridized carbons (Fsp3) is 0.136. The number of fused-ring (bicyclic) bond motifs is 2. The number of hydrogen-bond donors (Lipinski definition) is 3. The third kappa shape index (κ3) is 4.29. The zero-order valence-electron chi connectivity index (χ0n) is 17.4. The standard InChI is InChI=1S/C22H17F4N7O/c23-13-2-1-3-14(9-13)34-19-10-17(28-7-6-22(24,25)26)21-29-11-18(33(21)32-19)12-4-5-15-16(8-12)30-31-20(15)27/h1-5,8-11,28H,6-7H2,(H3,27,30,31). The Morgan fingerprint density at radius 3 is 2.76 bits per heavy atom. The monoisotopic (exact) mass is 471 g/mol. The van der Waals surface area contributed by atoms with Gasteiger partial charge in [-0.1, -0.05) is 12.1 Å². The number of nitrogen functional groups attached to an aromatic ring is 1. The molecule has 0 atom stereocenters. The molecular formula is C22H17F4N7O. The van der Waals surface area contributed by atoms with Crippen LogP contribution in [0, 0.1) is 5.82 Å². The molecule has 12 heteroatoms. The van der Waals surface area contributed by atoms with E-state index >= 15 is 0 Å².